The van der Waals surface area contributed by atoms with E-state index in [0.717, 1.165) is 23.5 Å². The van der Waals surface area contributed by atoms with Crippen LogP contribution >= 0.6 is 0 Å². The minimum absolute atomic E-state index is 0.992. The molecule has 0 aliphatic heterocycles. The van der Waals surface area contributed by atoms with E-state index in [2.05, 4.69) is 230 Å². The lowest BCUT2D eigenvalue weighted by Crippen LogP contribution is -2.10. The van der Waals surface area contributed by atoms with Crippen LogP contribution in [0.4, 0.5) is 17.1 Å². The summed E-state index contributed by atoms with van der Waals surface area (Å²) in [6.45, 7) is 8.26. The van der Waals surface area contributed by atoms with Crippen LogP contribution in [0.5, 0.6) is 0 Å². The molecule has 0 aliphatic rings. The summed E-state index contributed by atoms with van der Waals surface area (Å²) in [6.07, 6.45) is 7.58. The molecule has 0 amide bonds. The van der Waals surface area contributed by atoms with Gasteiger partial charge in [-0.3, -0.25) is 0 Å². The van der Waals surface area contributed by atoms with Gasteiger partial charge in [-0.15, -0.1) is 0 Å². The van der Waals surface area contributed by atoms with Crippen molar-refractivity contribution < 1.29 is 0 Å². The standard InChI is InChI=1S/C53H42N2.C2H6/c1-3-13-38(14-4-2)40-21-29-46(30-22-40)54(47-31-23-41(24-32-47)39-15-7-5-8-16-39)48-33-25-42(26-34-48)44-28-35-51-50(37-44)53-49-20-12-11-17-43(49)27-36-52(53)55(51)45-18-9-6-10-19-45;1-2/h3,5-37H,4H2,1-2H3;1-2H3/b13-3-,38-14+;. The average Bonchev–Trinajstić information content (AvgIpc) is 3.63. The maximum Gasteiger partial charge on any atom is 0.0547 e. The first-order valence-corrected chi connectivity index (χ1v) is 20.2. The molecule has 8 aromatic carbocycles. The number of hydrogen-bond acceptors (Lipinski definition) is 1. The Morgan fingerprint density at radius 2 is 1.04 bits per heavy atom. The van der Waals surface area contributed by atoms with Gasteiger partial charge in [0.1, 0.15) is 0 Å². The molecule has 57 heavy (non-hydrogen) atoms. The predicted molar refractivity (Wildman–Crippen MR) is 248 cm³/mol. The number of rotatable bonds is 9. The molecule has 9 aromatic rings. The van der Waals surface area contributed by atoms with Crippen LogP contribution in [0.2, 0.25) is 0 Å². The van der Waals surface area contributed by atoms with Crippen molar-refractivity contribution in [1.29, 1.82) is 0 Å². The number of allylic oxidation sites excluding steroid dienone is 4. The van der Waals surface area contributed by atoms with Crippen molar-refractivity contribution in [1.82, 2.24) is 4.57 Å². The van der Waals surface area contributed by atoms with Gasteiger partial charge in [0.15, 0.2) is 0 Å². The van der Waals surface area contributed by atoms with Crippen LogP contribution in [-0.2, 0) is 0 Å². The van der Waals surface area contributed by atoms with Gasteiger partial charge >= 0.3 is 0 Å². The number of anilines is 3. The second-order valence-electron chi connectivity index (χ2n) is 14.0. The largest absolute Gasteiger partial charge is 0.311 e. The molecule has 0 aliphatic carbocycles. The van der Waals surface area contributed by atoms with Crippen molar-refractivity contribution in [2.45, 2.75) is 34.1 Å². The topological polar surface area (TPSA) is 8.17 Å². The number of fused-ring (bicyclic) bond motifs is 5. The number of benzene rings is 8. The molecule has 0 spiro atoms. The second-order valence-corrected chi connectivity index (χ2v) is 14.0. The van der Waals surface area contributed by atoms with Crippen LogP contribution in [-0.4, -0.2) is 4.57 Å². The summed E-state index contributed by atoms with van der Waals surface area (Å²) in [5.41, 5.74) is 14.2. The zero-order valence-corrected chi connectivity index (χ0v) is 33.2. The Morgan fingerprint density at radius 3 is 1.67 bits per heavy atom. The normalized spacial score (nSPS) is 11.6. The summed E-state index contributed by atoms with van der Waals surface area (Å²) >= 11 is 0. The first kappa shape index (κ1) is 37.0. The van der Waals surface area contributed by atoms with Gasteiger partial charge in [-0.1, -0.05) is 160 Å². The lowest BCUT2D eigenvalue weighted by molar-refractivity contribution is 1.18. The van der Waals surface area contributed by atoms with E-state index in [-0.39, 0.29) is 0 Å². The molecule has 1 aromatic heterocycles. The highest BCUT2D eigenvalue weighted by Gasteiger charge is 2.17. The van der Waals surface area contributed by atoms with Gasteiger partial charge in [-0.25, -0.2) is 0 Å². The summed E-state index contributed by atoms with van der Waals surface area (Å²) in [6, 6.07) is 68.3. The Balaban J connectivity index is 0.00000224. The van der Waals surface area contributed by atoms with Crippen LogP contribution in [0, 0.1) is 0 Å². The summed E-state index contributed by atoms with van der Waals surface area (Å²) in [4.78, 5) is 2.35. The van der Waals surface area contributed by atoms with Crippen LogP contribution < -0.4 is 4.90 Å². The second kappa shape index (κ2) is 16.9. The van der Waals surface area contributed by atoms with Crippen molar-refractivity contribution >= 4 is 55.2 Å². The van der Waals surface area contributed by atoms with E-state index < -0.39 is 0 Å². The molecule has 2 heteroatoms. The van der Waals surface area contributed by atoms with Gasteiger partial charge in [-0.05, 0) is 124 Å². The van der Waals surface area contributed by atoms with Crippen LogP contribution in [0.1, 0.15) is 39.7 Å². The number of para-hydroxylation sites is 1. The number of aromatic nitrogens is 1. The van der Waals surface area contributed by atoms with Gasteiger partial charge < -0.3 is 9.47 Å². The molecule has 1 heterocycles. The SMILES string of the molecule is C/C=C\C(=C/CC)c1ccc(N(c2ccc(-c3ccccc3)cc2)c2ccc(-c3ccc4c(c3)c3c5ccccc5ccc3n4-c3ccccc3)cc2)cc1.CC. The minimum atomic E-state index is 0.992. The quantitative estimate of drug-likeness (QED) is 0.134. The molecular weight excluding hydrogens is 689 g/mol. The van der Waals surface area contributed by atoms with E-state index in [1.807, 2.05) is 13.8 Å². The lowest BCUT2D eigenvalue weighted by Gasteiger charge is -2.26. The minimum Gasteiger partial charge on any atom is -0.311 e. The lowest BCUT2D eigenvalue weighted by atomic mass is 9.99. The molecule has 278 valence electrons. The fourth-order valence-corrected chi connectivity index (χ4v) is 7.99. The molecule has 9 rings (SSSR count). The molecular formula is C55H48N2. The van der Waals surface area contributed by atoms with E-state index in [9.17, 15) is 0 Å². The Morgan fingerprint density at radius 1 is 0.509 bits per heavy atom. The predicted octanol–water partition coefficient (Wildman–Crippen LogP) is 16.1. The highest BCUT2D eigenvalue weighted by molar-refractivity contribution is 6.21. The van der Waals surface area contributed by atoms with Crippen LogP contribution in [0.15, 0.2) is 206 Å². The molecule has 0 fully saturated rings. The Labute approximate surface area is 337 Å². The molecule has 2 nitrogen and oxygen atoms in total. The maximum absolute atomic E-state index is 2.40. The summed E-state index contributed by atoms with van der Waals surface area (Å²) in [5.74, 6) is 0. The van der Waals surface area contributed by atoms with E-state index in [0.29, 0.717) is 0 Å². The Kier molecular flexibility index (Phi) is 11.0. The zero-order chi connectivity index (χ0) is 39.1. The first-order chi connectivity index (χ1) is 28.2. The van der Waals surface area contributed by atoms with Crippen molar-refractivity contribution in [3.63, 3.8) is 0 Å². The van der Waals surface area contributed by atoms with E-state index in [4.69, 9.17) is 0 Å². The summed E-state index contributed by atoms with van der Waals surface area (Å²) in [5, 5.41) is 5.07. The van der Waals surface area contributed by atoms with Gasteiger partial charge in [-0.2, -0.15) is 0 Å². The van der Waals surface area contributed by atoms with E-state index in [1.165, 1.54) is 71.7 Å². The van der Waals surface area contributed by atoms with Gasteiger partial charge in [0.05, 0.1) is 11.0 Å². The van der Waals surface area contributed by atoms with Crippen molar-refractivity contribution in [2.24, 2.45) is 0 Å². The number of hydrogen-bond donors (Lipinski definition) is 0. The molecule has 0 N–H and O–H groups in total. The van der Waals surface area contributed by atoms with Crippen molar-refractivity contribution in [2.75, 3.05) is 4.90 Å². The summed E-state index contributed by atoms with van der Waals surface area (Å²) < 4.78 is 2.40. The van der Waals surface area contributed by atoms with E-state index >= 15 is 0 Å². The van der Waals surface area contributed by atoms with Gasteiger partial charge in [0, 0.05) is 33.5 Å². The maximum atomic E-state index is 2.40. The Hall–Kier alpha value is -6.90. The molecule has 0 radical (unpaired) electrons. The molecule has 0 saturated carbocycles. The molecule has 0 unspecified atom stereocenters. The van der Waals surface area contributed by atoms with E-state index in [1.54, 1.807) is 0 Å². The van der Waals surface area contributed by atoms with Gasteiger partial charge in [0.2, 0.25) is 0 Å². The first-order valence-electron chi connectivity index (χ1n) is 20.2. The highest BCUT2D eigenvalue weighted by Crippen LogP contribution is 2.41. The van der Waals surface area contributed by atoms with Gasteiger partial charge in [0.25, 0.3) is 0 Å². The fourth-order valence-electron chi connectivity index (χ4n) is 7.99. The van der Waals surface area contributed by atoms with Crippen molar-refractivity contribution in [3.05, 3.63) is 212 Å². The van der Waals surface area contributed by atoms with Crippen LogP contribution in [0.3, 0.4) is 0 Å². The Bertz CT molecular complexity index is 2810. The molecule has 0 atom stereocenters. The summed E-state index contributed by atoms with van der Waals surface area (Å²) in [7, 11) is 0. The third kappa shape index (κ3) is 7.31. The highest BCUT2D eigenvalue weighted by atomic mass is 15.1. The molecule has 0 saturated heterocycles. The van der Waals surface area contributed by atoms with Crippen molar-refractivity contribution in [3.8, 4) is 27.9 Å². The third-order valence-corrected chi connectivity index (χ3v) is 10.6. The fraction of sp³-hybridized carbons (Fsp3) is 0.0909. The number of nitrogens with zero attached hydrogens (tertiary/aromatic N) is 2. The zero-order valence-electron chi connectivity index (χ0n) is 33.2. The molecule has 0 bridgehead atoms. The van der Waals surface area contributed by atoms with Crippen LogP contribution in [0.25, 0.3) is 66.1 Å². The smallest absolute Gasteiger partial charge is 0.0547 e. The third-order valence-electron chi connectivity index (χ3n) is 10.6. The average molecular weight is 737 g/mol. The monoisotopic (exact) mass is 736 g/mol.